The minimum absolute atomic E-state index is 0.0934. The van der Waals surface area contributed by atoms with E-state index in [1.807, 2.05) is 0 Å². The number of esters is 2. The molecule has 0 radical (unpaired) electrons. The Bertz CT molecular complexity index is 536. The van der Waals surface area contributed by atoms with Gasteiger partial charge in [-0.25, -0.2) is 0 Å². The molecule has 0 aromatic heterocycles. The lowest BCUT2D eigenvalue weighted by atomic mass is 10.1. The van der Waals surface area contributed by atoms with Crippen LogP contribution in [0, 0.1) is 0 Å². The number of ether oxygens (including phenoxy) is 3. The minimum atomic E-state index is -0.515. The molecular weight excluding hydrogens is 500 g/mol. The molecular formula is C35H68O5. The van der Waals surface area contributed by atoms with Crippen LogP contribution in [0.2, 0.25) is 0 Å². The summed E-state index contributed by atoms with van der Waals surface area (Å²) in [6, 6.07) is 0. The monoisotopic (exact) mass is 569 g/mol. The van der Waals surface area contributed by atoms with Crippen LogP contribution in [0.3, 0.4) is 0 Å². The van der Waals surface area contributed by atoms with Crippen LogP contribution >= 0.6 is 0 Å². The number of carbonyl (C=O) groups is 2. The molecule has 0 spiro atoms. The Morgan fingerprint density at radius 1 is 0.450 bits per heavy atom. The van der Waals surface area contributed by atoms with Crippen molar-refractivity contribution < 1.29 is 23.8 Å². The Morgan fingerprint density at radius 3 is 1.27 bits per heavy atom. The number of rotatable bonds is 32. The maximum atomic E-state index is 12.4. The number of hydrogen-bond donors (Lipinski definition) is 0. The molecule has 0 amide bonds. The fourth-order valence-corrected chi connectivity index (χ4v) is 4.98. The number of unbranched alkanes of at least 4 members (excludes halogenated alkanes) is 21. The predicted molar refractivity (Wildman–Crippen MR) is 169 cm³/mol. The van der Waals surface area contributed by atoms with Crippen molar-refractivity contribution >= 4 is 11.9 Å². The van der Waals surface area contributed by atoms with E-state index in [0.29, 0.717) is 26.1 Å². The molecule has 1 atom stereocenters. The van der Waals surface area contributed by atoms with Crippen LogP contribution in [0.4, 0.5) is 0 Å². The number of hydrogen-bond acceptors (Lipinski definition) is 5. The zero-order valence-corrected chi connectivity index (χ0v) is 27.1. The Kier molecular flexibility index (Phi) is 31.5. The van der Waals surface area contributed by atoms with Crippen LogP contribution in [0.5, 0.6) is 0 Å². The molecule has 0 bridgehead atoms. The molecule has 0 heterocycles. The summed E-state index contributed by atoms with van der Waals surface area (Å²) in [6.45, 7) is 7.75. The van der Waals surface area contributed by atoms with Crippen molar-refractivity contribution in [3.63, 3.8) is 0 Å². The summed E-state index contributed by atoms with van der Waals surface area (Å²) in [5.74, 6) is -0.400. The molecule has 5 nitrogen and oxygen atoms in total. The van der Waals surface area contributed by atoms with Crippen molar-refractivity contribution in [2.24, 2.45) is 0 Å². The number of carbonyl (C=O) groups excluding carboxylic acids is 2. The van der Waals surface area contributed by atoms with Crippen molar-refractivity contribution in [3.8, 4) is 0 Å². The highest BCUT2D eigenvalue weighted by Gasteiger charge is 2.17. The molecule has 0 aliphatic heterocycles. The Balaban J connectivity index is 4.13. The van der Waals surface area contributed by atoms with Crippen LogP contribution in [0.25, 0.3) is 0 Å². The second-order valence-corrected chi connectivity index (χ2v) is 11.8. The van der Waals surface area contributed by atoms with Gasteiger partial charge in [-0.15, -0.1) is 0 Å². The van der Waals surface area contributed by atoms with Gasteiger partial charge in [-0.3, -0.25) is 9.59 Å². The SMILES string of the molecule is CCCCCCCCCCCCCC(=O)OCC(COCCCCCCCC)OC(=O)CCCCCCCCC. The van der Waals surface area contributed by atoms with Gasteiger partial charge >= 0.3 is 11.9 Å². The third kappa shape index (κ3) is 29.9. The summed E-state index contributed by atoms with van der Waals surface area (Å²) in [7, 11) is 0. The first-order valence-corrected chi connectivity index (χ1v) is 17.6. The van der Waals surface area contributed by atoms with Crippen LogP contribution in [-0.2, 0) is 23.8 Å². The summed E-state index contributed by atoms with van der Waals surface area (Å²) >= 11 is 0. The highest BCUT2D eigenvalue weighted by atomic mass is 16.6. The van der Waals surface area contributed by atoms with E-state index in [9.17, 15) is 9.59 Å². The van der Waals surface area contributed by atoms with E-state index in [-0.39, 0.29) is 18.5 Å². The molecule has 0 aliphatic rings. The molecule has 5 heteroatoms. The smallest absolute Gasteiger partial charge is 0.306 e. The molecule has 0 fully saturated rings. The minimum Gasteiger partial charge on any atom is -0.462 e. The molecule has 238 valence electrons. The third-order valence-corrected chi connectivity index (χ3v) is 7.64. The highest BCUT2D eigenvalue weighted by Crippen LogP contribution is 2.13. The van der Waals surface area contributed by atoms with E-state index in [0.717, 1.165) is 38.5 Å². The largest absolute Gasteiger partial charge is 0.462 e. The van der Waals surface area contributed by atoms with E-state index in [1.54, 1.807) is 0 Å². The molecule has 1 unspecified atom stereocenters. The van der Waals surface area contributed by atoms with Crippen LogP contribution in [0.15, 0.2) is 0 Å². The van der Waals surface area contributed by atoms with E-state index in [1.165, 1.54) is 116 Å². The molecule has 40 heavy (non-hydrogen) atoms. The van der Waals surface area contributed by atoms with Crippen molar-refractivity contribution in [2.45, 2.75) is 194 Å². The zero-order valence-electron chi connectivity index (χ0n) is 27.1. The molecule has 0 N–H and O–H groups in total. The lowest BCUT2D eigenvalue weighted by molar-refractivity contribution is -0.163. The van der Waals surface area contributed by atoms with E-state index in [4.69, 9.17) is 14.2 Å². The van der Waals surface area contributed by atoms with Gasteiger partial charge in [0.2, 0.25) is 0 Å². The van der Waals surface area contributed by atoms with Crippen molar-refractivity contribution in [1.29, 1.82) is 0 Å². The summed E-state index contributed by atoms with van der Waals surface area (Å²) in [5.41, 5.74) is 0. The molecule has 0 aromatic rings. The van der Waals surface area contributed by atoms with Gasteiger partial charge in [-0.2, -0.15) is 0 Å². The third-order valence-electron chi connectivity index (χ3n) is 7.64. The summed E-state index contributed by atoms with van der Waals surface area (Å²) in [4.78, 5) is 24.7. The van der Waals surface area contributed by atoms with Crippen molar-refractivity contribution in [1.82, 2.24) is 0 Å². The Hall–Kier alpha value is -1.10. The zero-order chi connectivity index (χ0) is 29.4. The fourth-order valence-electron chi connectivity index (χ4n) is 4.98. The first-order chi connectivity index (χ1) is 19.6. The van der Waals surface area contributed by atoms with Gasteiger partial charge < -0.3 is 14.2 Å². The second-order valence-electron chi connectivity index (χ2n) is 11.8. The van der Waals surface area contributed by atoms with Crippen molar-refractivity contribution in [3.05, 3.63) is 0 Å². The van der Waals surface area contributed by atoms with Gasteiger partial charge in [0.25, 0.3) is 0 Å². The van der Waals surface area contributed by atoms with Gasteiger partial charge in [-0.05, 0) is 19.3 Å². The van der Waals surface area contributed by atoms with E-state index in [2.05, 4.69) is 20.8 Å². The molecule has 0 aromatic carbocycles. The van der Waals surface area contributed by atoms with Crippen LogP contribution in [0.1, 0.15) is 188 Å². The van der Waals surface area contributed by atoms with E-state index < -0.39 is 6.10 Å². The van der Waals surface area contributed by atoms with Crippen molar-refractivity contribution in [2.75, 3.05) is 19.8 Å². The average molecular weight is 569 g/mol. The van der Waals surface area contributed by atoms with Crippen LogP contribution in [-0.4, -0.2) is 37.9 Å². The summed E-state index contributed by atoms with van der Waals surface area (Å²) in [5, 5.41) is 0. The lowest BCUT2D eigenvalue weighted by Crippen LogP contribution is -2.30. The fraction of sp³-hybridized carbons (Fsp3) is 0.943. The first kappa shape index (κ1) is 38.9. The molecule has 0 saturated heterocycles. The first-order valence-electron chi connectivity index (χ1n) is 17.6. The molecule has 0 aliphatic carbocycles. The highest BCUT2D eigenvalue weighted by molar-refractivity contribution is 5.70. The van der Waals surface area contributed by atoms with E-state index >= 15 is 0 Å². The summed E-state index contributed by atoms with van der Waals surface area (Å²) in [6.07, 6.45) is 29.6. The maximum Gasteiger partial charge on any atom is 0.306 e. The maximum absolute atomic E-state index is 12.4. The molecule has 0 rings (SSSR count). The summed E-state index contributed by atoms with van der Waals surface area (Å²) < 4.78 is 17.0. The van der Waals surface area contributed by atoms with Gasteiger partial charge in [0.15, 0.2) is 6.10 Å². The van der Waals surface area contributed by atoms with Gasteiger partial charge in [-0.1, -0.05) is 156 Å². The van der Waals surface area contributed by atoms with Crippen LogP contribution < -0.4 is 0 Å². The predicted octanol–water partition coefficient (Wildman–Crippen LogP) is 10.7. The Morgan fingerprint density at radius 2 is 0.825 bits per heavy atom. The normalized spacial score (nSPS) is 12.0. The van der Waals surface area contributed by atoms with Gasteiger partial charge in [0, 0.05) is 19.4 Å². The van der Waals surface area contributed by atoms with Gasteiger partial charge in [0.1, 0.15) is 6.61 Å². The standard InChI is InChI=1S/C35H68O5/c1-4-7-10-13-16-17-18-19-21-22-25-28-34(36)39-32-33(31-38-30-27-24-15-12-9-6-3)40-35(37)29-26-23-20-14-11-8-5-2/h33H,4-32H2,1-3H3. The van der Waals surface area contributed by atoms with Gasteiger partial charge in [0.05, 0.1) is 6.61 Å². The lowest BCUT2D eigenvalue weighted by Gasteiger charge is -2.18. The Labute approximate surface area is 249 Å². The average Bonchev–Trinajstić information content (AvgIpc) is 2.95. The second kappa shape index (κ2) is 32.4. The topological polar surface area (TPSA) is 61.8 Å². The quantitative estimate of drug-likeness (QED) is 0.0596. The molecule has 0 saturated carbocycles.